The fraction of sp³-hybridized carbons (Fsp3) is 0.207. The van der Waals surface area contributed by atoms with E-state index in [1.165, 1.54) is 29.2 Å². The lowest BCUT2D eigenvalue weighted by Crippen LogP contribution is -2.64. The van der Waals surface area contributed by atoms with Crippen LogP contribution in [0.5, 0.6) is 11.5 Å². The molecule has 5 rings (SSSR count). The summed E-state index contributed by atoms with van der Waals surface area (Å²) in [6.45, 7) is 1.98. The van der Waals surface area contributed by atoms with Crippen molar-refractivity contribution in [2.75, 3.05) is 19.1 Å². The van der Waals surface area contributed by atoms with E-state index in [0.717, 1.165) is 11.1 Å². The van der Waals surface area contributed by atoms with Crippen LogP contribution in [0, 0.1) is 5.82 Å². The zero-order valence-corrected chi connectivity index (χ0v) is 21.3. The molecule has 1 N–H and O–H groups in total. The second kappa shape index (κ2) is 10.0. The van der Waals surface area contributed by atoms with Crippen molar-refractivity contribution in [3.63, 3.8) is 0 Å². The summed E-state index contributed by atoms with van der Waals surface area (Å²) in [6.07, 6.45) is 0. The van der Waals surface area contributed by atoms with Gasteiger partial charge in [-0.15, -0.1) is 0 Å². The number of aromatic nitrogens is 2. The van der Waals surface area contributed by atoms with Crippen LogP contribution in [0.2, 0.25) is 0 Å². The predicted octanol–water partition coefficient (Wildman–Crippen LogP) is 4.44. The van der Waals surface area contributed by atoms with Crippen molar-refractivity contribution in [1.82, 2.24) is 15.1 Å². The van der Waals surface area contributed by atoms with Crippen molar-refractivity contribution in [2.45, 2.75) is 25.6 Å². The molecule has 4 aromatic rings. The van der Waals surface area contributed by atoms with Crippen molar-refractivity contribution >= 4 is 17.5 Å². The number of amides is 2. The molecule has 0 bridgehead atoms. The maximum atomic E-state index is 13.9. The van der Waals surface area contributed by atoms with Crippen LogP contribution < -0.4 is 19.7 Å². The van der Waals surface area contributed by atoms with E-state index in [9.17, 15) is 14.0 Å². The topological polar surface area (TPSA) is 85.7 Å². The number of methoxy groups -OCH3 is 2. The van der Waals surface area contributed by atoms with E-state index in [1.807, 2.05) is 48.5 Å². The third-order valence-corrected chi connectivity index (χ3v) is 6.75. The van der Waals surface area contributed by atoms with Crippen LogP contribution in [0.25, 0.3) is 11.3 Å². The number of rotatable bonds is 7. The monoisotopic (exact) mass is 514 g/mol. The van der Waals surface area contributed by atoms with E-state index in [0.29, 0.717) is 28.6 Å². The number of hydrogen-bond acceptors (Lipinski definition) is 5. The van der Waals surface area contributed by atoms with Gasteiger partial charge in [-0.1, -0.05) is 18.2 Å². The van der Waals surface area contributed by atoms with Gasteiger partial charge in [-0.05, 0) is 67.6 Å². The Labute approximate surface area is 219 Å². The average molecular weight is 515 g/mol. The zero-order valence-electron chi connectivity index (χ0n) is 21.3. The molecule has 2 heterocycles. The summed E-state index contributed by atoms with van der Waals surface area (Å²) in [5.41, 5.74) is 1.57. The molecule has 1 aliphatic heterocycles. The van der Waals surface area contributed by atoms with Gasteiger partial charge in [-0.2, -0.15) is 5.10 Å². The van der Waals surface area contributed by atoms with E-state index < -0.39 is 17.3 Å². The van der Waals surface area contributed by atoms with Gasteiger partial charge in [0.1, 0.15) is 28.5 Å². The number of benzene rings is 3. The molecule has 2 amide bonds. The van der Waals surface area contributed by atoms with Gasteiger partial charge in [-0.3, -0.25) is 19.2 Å². The number of anilines is 1. The molecule has 0 spiro atoms. The number of halogens is 1. The highest BCUT2D eigenvalue weighted by Gasteiger charge is 2.49. The molecule has 1 aliphatic rings. The van der Waals surface area contributed by atoms with Crippen LogP contribution in [0.1, 0.15) is 23.0 Å². The highest BCUT2D eigenvalue weighted by molar-refractivity contribution is 6.12. The van der Waals surface area contributed by atoms with Crippen LogP contribution in [0.3, 0.4) is 0 Å². The maximum absolute atomic E-state index is 13.9. The zero-order chi connectivity index (χ0) is 26.9. The van der Waals surface area contributed by atoms with Gasteiger partial charge < -0.3 is 14.8 Å². The van der Waals surface area contributed by atoms with Crippen LogP contribution in [0.4, 0.5) is 10.1 Å². The van der Waals surface area contributed by atoms with Gasteiger partial charge in [-0.25, -0.2) is 4.39 Å². The van der Waals surface area contributed by atoms with Gasteiger partial charge in [0.05, 0.1) is 26.5 Å². The van der Waals surface area contributed by atoms with Crippen LogP contribution >= 0.6 is 0 Å². The molecule has 3 aromatic carbocycles. The standard InChI is InChI=1S/C29H27FN4O4/c1-29(28(36)31-17-20-6-4-5-7-26(20)38-3)18-33-25(27(35)34(29)22-12-10-21(30)11-13-22)16-24(32-33)19-8-14-23(37-2)15-9-19/h4-16H,17-18H2,1-3H3,(H,31,36)/t29-/m1/s1. The quantitative estimate of drug-likeness (QED) is 0.394. The van der Waals surface area contributed by atoms with Gasteiger partial charge in [0.15, 0.2) is 0 Å². The van der Waals surface area contributed by atoms with Gasteiger partial charge in [0.2, 0.25) is 5.91 Å². The summed E-state index contributed by atoms with van der Waals surface area (Å²) in [4.78, 5) is 29.1. The van der Waals surface area contributed by atoms with Crippen LogP contribution in [-0.2, 0) is 17.9 Å². The third-order valence-electron chi connectivity index (χ3n) is 6.75. The fourth-order valence-electron chi connectivity index (χ4n) is 4.69. The summed E-state index contributed by atoms with van der Waals surface area (Å²) in [5, 5.41) is 7.62. The Morgan fingerprint density at radius 1 is 1.03 bits per heavy atom. The number of nitrogens with one attached hydrogen (secondary N) is 1. The molecule has 1 atom stereocenters. The number of para-hydroxylation sites is 1. The highest BCUT2D eigenvalue weighted by Crippen LogP contribution is 2.34. The molecule has 8 nitrogen and oxygen atoms in total. The minimum Gasteiger partial charge on any atom is -0.497 e. The normalized spacial score (nSPS) is 16.6. The lowest BCUT2D eigenvalue weighted by Gasteiger charge is -2.43. The molecule has 1 aromatic heterocycles. The van der Waals surface area contributed by atoms with E-state index in [-0.39, 0.29) is 19.0 Å². The largest absolute Gasteiger partial charge is 0.497 e. The Kier molecular flexibility index (Phi) is 6.59. The van der Waals surface area contributed by atoms with Crippen LogP contribution in [0.15, 0.2) is 78.9 Å². The minimum atomic E-state index is -1.35. The number of carbonyl (C=O) groups is 2. The van der Waals surface area contributed by atoms with Crippen molar-refractivity contribution in [2.24, 2.45) is 0 Å². The lowest BCUT2D eigenvalue weighted by atomic mass is 9.93. The fourth-order valence-corrected chi connectivity index (χ4v) is 4.69. The Morgan fingerprint density at radius 3 is 2.42 bits per heavy atom. The smallest absolute Gasteiger partial charge is 0.277 e. The maximum Gasteiger partial charge on any atom is 0.277 e. The summed E-state index contributed by atoms with van der Waals surface area (Å²) < 4.78 is 25.9. The van der Waals surface area contributed by atoms with Crippen molar-refractivity contribution < 1.29 is 23.5 Å². The van der Waals surface area contributed by atoms with Crippen molar-refractivity contribution in [3.8, 4) is 22.8 Å². The van der Waals surface area contributed by atoms with Crippen molar-refractivity contribution in [1.29, 1.82) is 0 Å². The van der Waals surface area contributed by atoms with E-state index in [4.69, 9.17) is 9.47 Å². The first kappa shape index (κ1) is 25.0. The van der Waals surface area contributed by atoms with Crippen molar-refractivity contribution in [3.05, 3.63) is 95.9 Å². The van der Waals surface area contributed by atoms with E-state index >= 15 is 0 Å². The van der Waals surface area contributed by atoms with Gasteiger partial charge in [0, 0.05) is 23.4 Å². The van der Waals surface area contributed by atoms with Gasteiger partial charge >= 0.3 is 0 Å². The first-order valence-corrected chi connectivity index (χ1v) is 12.1. The Balaban J connectivity index is 1.52. The summed E-state index contributed by atoms with van der Waals surface area (Å²) in [7, 11) is 3.16. The summed E-state index contributed by atoms with van der Waals surface area (Å²) in [6, 6.07) is 22.0. The first-order chi connectivity index (χ1) is 18.3. The minimum absolute atomic E-state index is 0.0966. The predicted molar refractivity (Wildman–Crippen MR) is 141 cm³/mol. The van der Waals surface area contributed by atoms with E-state index in [1.54, 1.807) is 31.9 Å². The molecule has 0 radical (unpaired) electrons. The molecule has 0 saturated carbocycles. The second-order valence-corrected chi connectivity index (χ2v) is 9.19. The molecule has 0 fully saturated rings. The molecular weight excluding hydrogens is 487 g/mol. The first-order valence-electron chi connectivity index (χ1n) is 12.1. The average Bonchev–Trinajstić information content (AvgIpc) is 3.37. The highest BCUT2D eigenvalue weighted by atomic mass is 19.1. The Hall–Kier alpha value is -4.66. The third kappa shape index (κ3) is 4.47. The molecular formula is C29H27FN4O4. The number of ether oxygens (including phenoxy) is 2. The molecule has 9 heteroatoms. The number of nitrogens with zero attached hydrogens (tertiary/aromatic N) is 3. The van der Waals surface area contributed by atoms with Crippen LogP contribution in [-0.4, -0.2) is 41.4 Å². The molecule has 38 heavy (non-hydrogen) atoms. The SMILES string of the molecule is COc1ccc(-c2cc3n(n2)C[C@](C)(C(=O)NCc2ccccc2OC)N(c2ccc(F)cc2)C3=O)cc1. The second-order valence-electron chi connectivity index (χ2n) is 9.19. The molecule has 194 valence electrons. The molecule has 0 saturated heterocycles. The van der Waals surface area contributed by atoms with Gasteiger partial charge in [0.25, 0.3) is 5.91 Å². The lowest BCUT2D eigenvalue weighted by molar-refractivity contribution is -0.126. The Morgan fingerprint density at radius 2 is 1.74 bits per heavy atom. The summed E-state index contributed by atoms with van der Waals surface area (Å²) in [5.74, 6) is 0.118. The number of fused-ring (bicyclic) bond motifs is 1. The van der Waals surface area contributed by atoms with E-state index in [2.05, 4.69) is 10.4 Å². The number of carbonyl (C=O) groups excluding carboxylic acids is 2. The molecule has 0 aliphatic carbocycles. The Bertz CT molecular complexity index is 1480. The number of hydrogen-bond donors (Lipinski definition) is 1. The molecule has 0 unspecified atom stereocenters. The summed E-state index contributed by atoms with van der Waals surface area (Å²) >= 11 is 0.